The first-order valence-electron chi connectivity index (χ1n) is 6.63. The summed E-state index contributed by atoms with van der Waals surface area (Å²) in [7, 11) is 5.68. The van der Waals surface area contributed by atoms with Crippen molar-refractivity contribution in [2.75, 3.05) is 28.4 Å². The summed E-state index contributed by atoms with van der Waals surface area (Å²) < 4.78 is 26.5. The average molecular weight is 322 g/mol. The molecule has 7 heteroatoms. The van der Waals surface area contributed by atoms with Crippen LogP contribution in [0.1, 0.15) is 0 Å². The molecule has 0 aliphatic rings. The van der Waals surface area contributed by atoms with Crippen LogP contribution in [0.4, 0.5) is 0 Å². The average Bonchev–Trinajstić information content (AvgIpc) is 2.56. The Labute approximate surface area is 133 Å². The topological polar surface area (TPSA) is 86.6 Å². The smallest absolute Gasteiger partial charge is 0.207 e. The molecule has 0 atom stereocenters. The van der Waals surface area contributed by atoms with Crippen molar-refractivity contribution in [1.29, 1.82) is 0 Å². The first-order valence-corrected chi connectivity index (χ1v) is 6.63. The summed E-state index contributed by atoms with van der Waals surface area (Å²) in [6.45, 7) is 0. The van der Waals surface area contributed by atoms with Crippen LogP contribution in [0.15, 0.2) is 24.3 Å². The third-order valence-corrected chi connectivity index (χ3v) is 3.15. The molecule has 0 aliphatic heterocycles. The van der Waals surface area contributed by atoms with Crippen LogP contribution in [0.2, 0.25) is 0 Å². The highest BCUT2D eigenvalue weighted by Crippen LogP contribution is 2.49. The van der Waals surface area contributed by atoms with Gasteiger partial charge in [0.1, 0.15) is 0 Å². The molecule has 2 aromatic rings. The summed E-state index contributed by atoms with van der Waals surface area (Å²) in [5, 5.41) is 19.6. The Kier molecular flexibility index (Phi) is 4.90. The Morgan fingerprint density at radius 2 is 0.913 bits per heavy atom. The second-order valence-electron chi connectivity index (χ2n) is 4.40. The van der Waals surface area contributed by atoms with Crippen molar-refractivity contribution in [3.63, 3.8) is 0 Å². The molecule has 0 aromatic heterocycles. The number of phenols is 2. The van der Waals surface area contributed by atoms with E-state index in [9.17, 15) is 10.2 Å². The molecule has 7 nitrogen and oxygen atoms in total. The molecule has 0 fully saturated rings. The standard InChI is InChI=1S/C16H18O7/c1-19-13-9(17)5-7-11(15(13)21-3)23-12-8-6-10(18)14(20-2)16(12)22-4/h5-8,17-18H,1-4H3. The normalized spacial score (nSPS) is 10.1. The van der Waals surface area contributed by atoms with Crippen molar-refractivity contribution in [1.82, 2.24) is 0 Å². The zero-order valence-electron chi connectivity index (χ0n) is 13.2. The van der Waals surface area contributed by atoms with E-state index in [1.807, 2.05) is 0 Å². The van der Waals surface area contributed by atoms with E-state index < -0.39 is 0 Å². The van der Waals surface area contributed by atoms with Gasteiger partial charge in [0.2, 0.25) is 23.0 Å². The molecule has 0 radical (unpaired) electrons. The maximum absolute atomic E-state index is 9.79. The lowest BCUT2D eigenvalue weighted by Crippen LogP contribution is -1.97. The zero-order valence-corrected chi connectivity index (χ0v) is 13.2. The fourth-order valence-electron chi connectivity index (χ4n) is 2.13. The number of phenolic OH excluding ortho intramolecular Hbond substituents is 2. The Morgan fingerprint density at radius 1 is 0.565 bits per heavy atom. The van der Waals surface area contributed by atoms with Crippen LogP contribution in [-0.2, 0) is 0 Å². The second kappa shape index (κ2) is 6.87. The third kappa shape index (κ3) is 2.98. The van der Waals surface area contributed by atoms with Gasteiger partial charge in [-0.3, -0.25) is 0 Å². The molecule has 124 valence electrons. The van der Waals surface area contributed by atoms with Crippen LogP contribution >= 0.6 is 0 Å². The Balaban J connectivity index is 2.52. The van der Waals surface area contributed by atoms with Gasteiger partial charge in [-0.25, -0.2) is 0 Å². The quantitative estimate of drug-likeness (QED) is 0.845. The van der Waals surface area contributed by atoms with E-state index in [2.05, 4.69) is 0 Å². The zero-order chi connectivity index (χ0) is 17.0. The van der Waals surface area contributed by atoms with E-state index in [4.69, 9.17) is 23.7 Å². The van der Waals surface area contributed by atoms with Crippen LogP contribution in [0.5, 0.6) is 46.0 Å². The van der Waals surface area contributed by atoms with Gasteiger partial charge in [0.25, 0.3) is 0 Å². The lowest BCUT2D eigenvalue weighted by molar-refractivity contribution is 0.305. The number of benzene rings is 2. The van der Waals surface area contributed by atoms with Crippen LogP contribution in [-0.4, -0.2) is 38.7 Å². The molecule has 0 saturated carbocycles. The highest BCUT2D eigenvalue weighted by atomic mass is 16.6. The number of hydrogen-bond donors (Lipinski definition) is 2. The van der Waals surface area contributed by atoms with Gasteiger partial charge in [0.15, 0.2) is 23.0 Å². The molecule has 2 N–H and O–H groups in total. The van der Waals surface area contributed by atoms with Gasteiger partial charge in [-0.1, -0.05) is 0 Å². The van der Waals surface area contributed by atoms with Crippen molar-refractivity contribution in [2.45, 2.75) is 0 Å². The van der Waals surface area contributed by atoms with E-state index in [0.717, 1.165) is 0 Å². The molecule has 2 aromatic carbocycles. The van der Waals surface area contributed by atoms with Gasteiger partial charge in [-0.15, -0.1) is 0 Å². The second-order valence-corrected chi connectivity index (χ2v) is 4.40. The van der Waals surface area contributed by atoms with Crippen molar-refractivity contribution >= 4 is 0 Å². The molecule has 0 aliphatic carbocycles. The first kappa shape index (κ1) is 16.4. The molecule has 0 saturated heterocycles. The maximum atomic E-state index is 9.79. The summed E-state index contributed by atoms with van der Waals surface area (Å²) in [6.07, 6.45) is 0. The Morgan fingerprint density at radius 3 is 1.22 bits per heavy atom. The molecule has 0 unspecified atom stereocenters. The van der Waals surface area contributed by atoms with Crippen LogP contribution < -0.4 is 23.7 Å². The molecule has 0 spiro atoms. The molecule has 0 amide bonds. The highest BCUT2D eigenvalue weighted by molar-refractivity contribution is 5.63. The minimum atomic E-state index is -0.0769. The van der Waals surface area contributed by atoms with Gasteiger partial charge in [-0.2, -0.15) is 0 Å². The Hall–Kier alpha value is -2.96. The Bertz CT molecular complexity index is 638. The van der Waals surface area contributed by atoms with Gasteiger partial charge >= 0.3 is 0 Å². The van der Waals surface area contributed by atoms with Crippen molar-refractivity contribution < 1.29 is 33.9 Å². The number of aromatic hydroxyl groups is 2. The summed E-state index contributed by atoms with van der Waals surface area (Å²) in [4.78, 5) is 0. The number of hydrogen-bond acceptors (Lipinski definition) is 7. The molecule has 0 bridgehead atoms. The van der Waals surface area contributed by atoms with Crippen LogP contribution in [0, 0.1) is 0 Å². The molecule has 2 rings (SSSR count). The molecular formula is C16H18O7. The fraction of sp³-hybridized carbons (Fsp3) is 0.250. The van der Waals surface area contributed by atoms with Gasteiger partial charge in [0.05, 0.1) is 28.4 Å². The van der Waals surface area contributed by atoms with E-state index in [1.165, 1.54) is 52.7 Å². The maximum Gasteiger partial charge on any atom is 0.207 e. The van der Waals surface area contributed by atoms with E-state index >= 15 is 0 Å². The summed E-state index contributed by atoms with van der Waals surface area (Å²) in [5.74, 6) is 1.19. The van der Waals surface area contributed by atoms with Crippen molar-refractivity contribution in [3.8, 4) is 46.0 Å². The number of methoxy groups -OCH3 is 4. The fourth-order valence-corrected chi connectivity index (χ4v) is 2.13. The highest BCUT2D eigenvalue weighted by Gasteiger charge is 2.20. The molecule has 0 heterocycles. The first-order chi connectivity index (χ1) is 11.1. The van der Waals surface area contributed by atoms with Gasteiger partial charge < -0.3 is 33.9 Å². The molecule has 23 heavy (non-hydrogen) atoms. The van der Waals surface area contributed by atoms with Crippen molar-refractivity contribution in [3.05, 3.63) is 24.3 Å². The summed E-state index contributed by atoms with van der Waals surface area (Å²) in [6, 6.07) is 5.88. The van der Waals surface area contributed by atoms with Gasteiger partial charge in [-0.05, 0) is 24.3 Å². The largest absolute Gasteiger partial charge is 0.504 e. The third-order valence-electron chi connectivity index (χ3n) is 3.15. The van der Waals surface area contributed by atoms with Crippen LogP contribution in [0.3, 0.4) is 0 Å². The van der Waals surface area contributed by atoms with Crippen molar-refractivity contribution in [2.24, 2.45) is 0 Å². The van der Waals surface area contributed by atoms with E-state index in [0.29, 0.717) is 11.5 Å². The minimum absolute atomic E-state index is 0.0769. The van der Waals surface area contributed by atoms with Gasteiger partial charge in [0, 0.05) is 0 Å². The van der Waals surface area contributed by atoms with E-state index in [1.54, 1.807) is 0 Å². The lowest BCUT2D eigenvalue weighted by atomic mass is 10.2. The number of rotatable bonds is 6. The van der Waals surface area contributed by atoms with E-state index in [-0.39, 0.29) is 34.5 Å². The molecular weight excluding hydrogens is 304 g/mol. The predicted molar refractivity (Wildman–Crippen MR) is 82.5 cm³/mol. The number of ether oxygens (including phenoxy) is 5. The minimum Gasteiger partial charge on any atom is -0.504 e. The van der Waals surface area contributed by atoms with Crippen LogP contribution in [0.25, 0.3) is 0 Å². The lowest BCUT2D eigenvalue weighted by Gasteiger charge is -2.17. The summed E-state index contributed by atoms with van der Waals surface area (Å²) in [5.41, 5.74) is 0. The predicted octanol–water partition coefficient (Wildman–Crippen LogP) is 2.92. The monoisotopic (exact) mass is 322 g/mol. The summed E-state index contributed by atoms with van der Waals surface area (Å²) >= 11 is 0. The SMILES string of the molecule is COc1c(O)ccc(Oc2ccc(O)c(OC)c2OC)c1OC.